The third-order valence-corrected chi connectivity index (χ3v) is 4.28. The van der Waals surface area contributed by atoms with E-state index in [0.29, 0.717) is 23.2 Å². The fraction of sp³-hybridized carbons (Fsp3) is 0.125. The molecule has 5 nitrogen and oxygen atoms in total. The predicted octanol–water partition coefficient (Wildman–Crippen LogP) is 3.52. The average molecular weight is 312 g/mol. The molecule has 3 heterocycles. The van der Waals surface area contributed by atoms with E-state index in [1.54, 1.807) is 12.3 Å². The minimum absolute atomic E-state index is 0.106. The molecule has 1 aromatic carbocycles. The topological polar surface area (TPSA) is 64.4 Å². The summed E-state index contributed by atoms with van der Waals surface area (Å²) in [5.41, 5.74) is 1.64. The molecule has 3 aromatic rings. The van der Waals surface area contributed by atoms with E-state index in [0.717, 1.165) is 11.3 Å². The zero-order chi connectivity index (χ0) is 14.9. The quantitative estimate of drug-likeness (QED) is 0.803. The molecule has 0 saturated carbocycles. The van der Waals surface area contributed by atoms with Crippen LogP contribution in [0.2, 0.25) is 0 Å². The summed E-state index contributed by atoms with van der Waals surface area (Å²) in [6.07, 6.45) is 1.60. The molecule has 0 fully saturated rings. The summed E-state index contributed by atoms with van der Waals surface area (Å²) >= 11 is 1.37. The molecular formula is C16H12N2O3S. The summed E-state index contributed by atoms with van der Waals surface area (Å²) in [5, 5.41) is 5.26. The van der Waals surface area contributed by atoms with Gasteiger partial charge in [-0.3, -0.25) is 4.79 Å². The first-order valence-corrected chi connectivity index (χ1v) is 7.71. The maximum atomic E-state index is 12.4. The largest absolute Gasteiger partial charge is 0.492 e. The van der Waals surface area contributed by atoms with Crippen molar-refractivity contribution in [3.8, 4) is 17.2 Å². The molecule has 1 N–H and O–H groups in total. The fourth-order valence-electron chi connectivity index (χ4n) is 2.44. The number of amides is 1. The van der Waals surface area contributed by atoms with E-state index in [1.807, 2.05) is 35.7 Å². The summed E-state index contributed by atoms with van der Waals surface area (Å²) in [4.78, 5) is 16.8. The third kappa shape index (κ3) is 2.27. The van der Waals surface area contributed by atoms with E-state index in [9.17, 15) is 4.79 Å². The van der Waals surface area contributed by atoms with Crippen LogP contribution < -0.4 is 10.1 Å². The number of thiazole rings is 1. The maximum Gasteiger partial charge on any atom is 0.237 e. The molecule has 0 radical (unpaired) electrons. The Hall–Kier alpha value is -2.60. The minimum atomic E-state index is -0.299. The van der Waals surface area contributed by atoms with Crippen molar-refractivity contribution in [2.45, 2.75) is 5.92 Å². The van der Waals surface area contributed by atoms with Crippen LogP contribution in [0.4, 0.5) is 5.13 Å². The molecule has 1 unspecified atom stereocenters. The van der Waals surface area contributed by atoms with Crippen LogP contribution in [0.25, 0.3) is 11.5 Å². The summed E-state index contributed by atoms with van der Waals surface area (Å²) in [7, 11) is 0. The zero-order valence-electron chi connectivity index (χ0n) is 11.5. The Morgan fingerprint density at radius 3 is 3.05 bits per heavy atom. The number of carbonyl (C=O) groups excluding carboxylic acids is 1. The van der Waals surface area contributed by atoms with Crippen molar-refractivity contribution in [1.82, 2.24) is 4.98 Å². The summed E-state index contributed by atoms with van der Waals surface area (Å²) in [5.74, 6) is 1.06. The summed E-state index contributed by atoms with van der Waals surface area (Å²) in [6, 6.07) is 11.2. The molecule has 0 aliphatic carbocycles. The van der Waals surface area contributed by atoms with Crippen molar-refractivity contribution in [3.05, 3.63) is 53.6 Å². The monoisotopic (exact) mass is 312 g/mol. The van der Waals surface area contributed by atoms with Gasteiger partial charge in [0, 0.05) is 10.9 Å². The van der Waals surface area contributed by atoms with Gasteiger partial charge >= 0.3 is 0 Å². The Bertz CT molecular complexity index is 810. The molecule has 0 spiro atoms. The average Bonchev–Trinajstić information content (AvgIpc) is 3.27. The second kappa shape index (κ2) is 5.31. The number of rotatable bonds is 3. The van der Waals surface area contributed by atoms with Crippen LogP contribution in [0, 0.1) is 0 Å². The van der Waals surface area contributed by atoms with Crippen LogP contribution in [0.5, 0.6) is 5.75 Å². The van der Waals surface area contributed by atoms with E-state index in [-0.39, 0.29) is 11.8 Å². The number of nitrogens with zero attached hydrogens (tertiary/aromatic N) is 1. The first-order valence-electron chi connectivity index (χ1n) is 6.83. The number of anilines is 1. The number of para-hydroxylation sites is 1. The van der Waals surface area contributed by atoms with Crippen LogP contribution in [0.3, 0.4) is 0 Å². The Morgan fingerprint density at radius 1 is 1.27 bits per heavy atom. The predicted molar refractivity (Wildman–Crippen MR) is 83.1 cm³/mol. The second-order valence-corrected chi connectivity index (χ2v) is 5.76. The highest BCUT2D eigenvalue weighted by molar-refractivity contribution is 7.14. The second-order valence-electron chi connectivity index (χ2n) is 4.91. The smallest absolute Gasteiger partial charge is 0.237 e. The van der Waals surface area contributed by atoms with Crippen LogP contribution in [-0.4, -0.2) is 17.5 Å². The van der Waals surface area contributed by atoms with Crippen LogP contribution >= 0.6 is 11.3 Å². The molecular weight excluding hydrogens is 300 g/mol. The number of hydrogen-bond donors (Lipinski definition) is 1. The van der Waals surface area contributed by atoms with Gasteiger partial charge in [0.15, 0.2) is 10.9 Å². The minimum Gasteiger partial charge on any atom is -0.492 e. The lowest BCUT2D eigenvalue weighted by Crippen LogP contribution is -2.22. The number of fused-ring (bicyclic) bond motifs is 1. The van der Waals surface area contributed by atoms with Gasteiger partial charge in [0.05, 0.1) is 6.26 Å². The van der Waals surface area contributed by atoms with Crippen LogP contribution in [0.15, 0.2) is 52.5 Å². The Kier molecular flexibility index (Phi) is 3.16. The molecule has 2 aromatic heterocycles. The van der Waals surface area contributed by atoms with Crippen LogP contribution in [-0.2, 0) is 4.79 Å². The van der Waals surface area contributed by atoms with E-state index >= 15 is 0 Å². The van der Waals surface area contributed by atoms with E-state index in [4.69, 9.17) is 9.15 Å². The SMILES string of the molecule is O=C(Nc1nc(-c2ccco2)cs1)C1COc2ccccc21. The van der Waals surface area contributed by atoms with Gasteiger partial charge in [-0.15, -0.1) is 11.3 Å². The molecule has 1 amide bonds. The molecule has 0 bridgehead atoms. The lowest BCUT2D eigenvalue weighted by Gasteiger charge is -2.07. The summed E-state index contributed by atoms with van der Waals surface area (Å²) < 4.78 is 10.8. The standard InChI is InChI=1S/C16H12N2O3S/c19-15(11-8-21-13-5-2-1-4-10(11)13)18-16-17-12(9-22-16)14-6-3-7-20-14/h1-7,9,11H,8H2,(H,17,18,19). The fourth-order valence-corrected chi connectivity index (χ4v) is 3.14. The van der Waals surface area contributed by atoms with Gasteiger partial charge in [0.1, 0.15) is 24.0 Å². The normalized spacial score (nSPS) is 16.1. The lowest BCUT2D eigenvalue weighted by molar-refractivity contribution is -0.117. The highest BCUT2D eigenvalue weighted by Gasteiger charge is 2.30. The molecule has 6 heteroatoms. The summed E-state index contributed by atoms with van der Waals surface area (Å²) in [6.45, 7) is 0.363. The number of carbonyl (C=O) groups is 1. The first-order chi connectivity index (χ1) is 10.8. The van der Waals surface area contributed by atoms with Crippen molar-refractivity contribution in [2.24, 2.45) is 0 Å². The van der Waals surface area contributed by atoms with E-state index in [1.165, 1.54) is 11.3 Å². The van der Waals surface area contributed by atoms with Gasteiger partial charge in [-0.2, -0.15) is 0 Å². The Morgan fingerprint density at radius 2 is 2.18 bits per heavy atom. The van der Waals surface area contributed by atoms with E-state index in [2.05, 4.69) is 10.3 Å². The number of ether oxygens (including phenoxy) is 1. The van der Waals surface area contributed by atoms with Gasteiger partial charge in [-0.25, -0.2) is 4.98 Å². The number of furan rings is 1. The van der Waals surface area contributed by atoms with Crippen molar-refractivity contribution in [3.63, 3.8) is 0 Å². The molecule has 110 valence electrons. The zero-order valence-corrected chi connectivity index (χ0v) is 12.3. The Balaban J connectivity index is 1.51. The molecule has 0 saturated heterocycles. The van der Waals surface area contributed by atoms with Gasteiger partial charge in [0.2, 0.25) is 5.91 Å². The van der Waals surface area contributed by atoms with Gasteiger partial charge in [-0.05, 0) is 18.2 Å². The van der Waals surface area contributed by atoms with Gasteiger partial charge < -0.3 is 14.5 Å². The molecule has 22 heavy (non-hydrogen) atoms. The molecule has 1 aliphatic heterocycles. The highest BCUT2D eigenvalue weighted by atomic mass is 32.1. The van der Waals surface area contributed by atoms with Gasteiger partial charge in [-0.1, -0.05) is 18.2 Å². The number of benzene rings is 1. The van der Waals surface area contributed by atoms with Crippen molar-refractivity contribution < 1.29 is 13.9 Å². The van der Waals surface area contributed by atoms with Crippen molar-refractivity contribution >= 4 is 22.4 Å². The van der Waals surface area contributed by atoms with E-state index < -0.39 is 0 Å². The third-order valence-electron chi connectivity index (χ3n) is 3.52. The van der Waals surface area contributed by atoms with Crippen LogP contribution in [0.1, 0.15) is 11.5 Å². The number of aromatic nitrogens is 1. The molecule has 1 aliphatic rings. The first kappa shape index (κ1) is 13.1. The molecule has 1 atom stereocenters. The van der Waals surface area contributed by atoms with Crippen molar-refractivity contribution in [2.75, 3.05) is 11.9 Å². The lowest BCUT2D eigenvalue weighted by atomic mass is 10.0. The molecule has 4 rings (SSSR count). The number of nitrogens with one attached hydrogen (secondary N) is 1. The Labute approximate surface area is 130 Å². The number of hydrogen-bond acceptors (Lipinski definition) is 5. The highest BCUT2D eigenvalue weighted by Crippen LogP contribution is 2.34. The van der Waals surface area contributed by atoms with Gasteiger partial charge in [0.25, 0.3) is 0 Å². The maximum absolute atomic E-state index is 12.4. The van der Waals surface area contributed by atoms with Crippen molar-refractivity contribution in [1.29, 1.82) is 0 Å².